The molecule has 92 valence electrons. The van der Waals surface area contributed by atoms with Gasteiger partial charge in [-0.15, -0.1) is 11.3 Å². The van der Waals surface area contributed by atoms with Crippen molar-refractivity contribution >= 4 is 27.9 Å². The number of rotatable bonds is 3. The summed E-state index contributed by atoms with van der Waals surface area (Å²) >= 11 is 7.68. The Balaban J connectivity index is 1.84. The second-order valence-electron chi connectivity index (χ2n) is 4.01. The number of thiazole rings is 1. The Hall–Kier alpha value is -1.43. The number of fused-ring (bicyclic) bond motifs is 1. The number of pyridine rings is 1. The van der Waals surface area contributed by atoms with Crippen molar-refractivity contribution in [3.63, 3.8) is 0 Å². The van der Waals surface area contributed by atoms with Gasteiger partial charge in [0.15, 0.2) is 4.96 Å². The molecule has 0 spiro atoms. The van der Waals surface area contributed by atoms with Gasteiger partial charge in [0.2, 0.25) is 0 Å². The Morgan fingerprint density at radius 2 is 2.39 bits per heavy atom. The molecule has 4 nitrogen and oxygen atoms in total. The van der Waals surface area contributed by atoms with Crippen molar-refractivity contribution in [1.29, 1.82) is 0 Å². The zero-order chi connectivity index (χ0) is 12.5. The first-order chi connectivity index (χ1) is 8.74. The number of halogens is 1. The van der Waals surface area contributed by atoms with Crippen LogP contribution in [0.25, 0.3) is 4.96 Å². The van der Waals surface area contributed by atoms with Gasteiger partial charge in [-0.05, 0) is 12.1 Å². The maximum atomic E-state index is 6.13. The van der Waals surface area contributed by atoms with E-state index in [1.807, 2.05) is 22.2 Å². The molecule has 0 aliphatic heterocycles. The van der Waals surface area contributed by atoms with Crippen LogP contribution in [0.1, 0.15) is 17.4 Å². The summed E-state index contributed by atoms with van der Waals surface area (Å²) in [4.78, 5) is 9.70. The van der Waals surface area contributed by atoms with Crippen LogP contribution in [0.3, 0.4) is 0 Å². The smallest absolute Gasteiger partial charge is 0.193 e. The average molecular weight is 279 g/mol. The Morgan fingerprint density at radius 3 is 3.17 bits per heavy atom. The van der Waals surface area contributed by atoms with E-state index in [2.05, 4.69) is 9.97 Å². The van der Waals surface area contributed by atoms with Crippen molar-refractivity contribution in [2.45, 2.75) is 12.5 Å². The summed E-state index contributed by atoms with van der Waals surface area (Å²) in [6.45, 7) is 0. The van der Waals surface area contributed by atoms with Gasteiger partial charge < -0.3 is 5.73 Å². The van der Waals surface area contributed by atoms with Crippen molar-refractivity contribution in [3.8, 4) is 0 Å². The highest BCUT2D eigenvalue weighted by molar-refractivity contribution is 7.15. The molecule has 0 amide bonds. The van der Waals surface area contributed by atoms with Crippen LogP contribution in [0.4, 0.5) is 0 Å². The molecule has 0 aliphatic rings. The lowest BCUT2D eigenvalue weighted by atomic mass is 10.1. The molecule has 3 aromatic rings. The van der Waals surface area contributed by atoms with E-state index >= 15 is 0 Å². The fourth-order valence-electron chi connectivity index (χ4n) is 1.87. The number of imidazole rings is 1. The van der Waals surface area contributed by atoms with E-state index in [-0.39, 0.29) is 6.04 Å². The zero-order valence-corrected chi connectivity index (χ0v) is 11.0. The van der Waals surface area contributed by atoms with Crippen molar-refractivity contribution in [3.05, 3.63) is 52.5 Å². The minimum absolute atomic E-state index is 0.233. The van der Waals surface area contributed by atoms with Gasteiger partial charge in [-0.25, -0.2) is 4.98 Å². The molecule has 0 saturated carbocycles. The SMILES string of the molecule is NC(Cc1cn2ccsc2n1)c1ncccc1Cl. The highest BCUT2D eigenvalue weighted by Crippen LogP contribution is 2.22. The Morgan fingerprint density at radius 1 is 1.50 bits per heavy atom. The lowest BCUT2D eigenvalue weighted by Gasteiger charge is -2.10. The van der Waals surface area contributed by atoms with E-state index in [9.17, 15) is 0 Å². The minimum Gasteiger partial charge on any atom is -0.322 e. The molecular formula is C12H11ClN4S. The van der Waals surface area contributed by atoms with Crippen LogP contribution in [-0.2, 0) is 6.42 Å². The third-order valence-corrected chi connectivity index (χ3v) is 3.80. The molecule has 0 saturated heterocycles. The Bertz CT molecular complexity index is 647. The molecule has 1 unspecified atom stereocenters. The number of nitrogens with two attached hydrogens (primary N) is 1. The van der Waals surface area contributed by atoms with Crippen LogP contribution >= 0.6 is 22.9 Å². The largest absolute Gasteiger partial charge is 0.322 e. The van der Waals surface area contributed by atoms with E-state index in [0.717, 1.165) is 16.3 Å². The second kappa shape index (κ2) is 4.68. The number of hydrogen-bond acceptors (Lipinski definition) is 4. The molecular weight excluding hydrogens is 268 g/mol. The van der Waals surface area contributed by atoms with E-state index in [0.29, 0.717) is 11.4 Å². The van der Waals surface area contributed by atoms with Gasteiger partial charge in [-0.3, -0.25) is 9.38 Å². The number of nitrogens with zero attached hydrogens (tertiary/aromatic N) is 3. The van der Waals surface area contributed by atoms with Crippen molar-refractivity contribution in [2.24, 2.45) is 5.73 Å². The van der Waals surface area contributed by atoms with Gasteiger partial charge >= 0.3 is 0 Å². The van der Waals surface area contributed by atoms with E-state index < -0.39 is 0 Å². The first-order valence-corrected chi connectivity index (χ1v) is 6.77. The monoisotopic (exact) mass is 278 g/mol. The van der Waals surface area contributed by atoms with Crippen LogP contribution in [0.15, 0.2) is 36.1 Å². The van der Waals surface area contributed by atoms with Crippen LogP contribution in [-0.4, -0.2) is 14.4 Å². The van der Waals surface area contributed by atoms with Crippen molar-refractivity contribution in [2.75, 3.05) is 0 Å². The molecule has 0 aliphatic carbocycles. The summed E-state index contributed by atoms with van der Waals surface area (Å²) in [6.07, 6.45) is 6.30. The highest BCUT2D eigenvalue weighted by atomic mass is 35.5. The Labute approximate surface area is 113 Å². The number of hydrogen-bond donors (Lipinski definition) is 1. The van der Waals surface area contributed by atoms with E-state index in [4.69, 9.17) is 17.3 Å². The fraction of sp³-hybridized carbons (Fsp3) is 0.167. The van der Waals surface area contributed by atoms with Gasteiger partial charge in [-0.2, -0.15) is 0 Å². The summed E-state index contributed by atoms with van der Waals surface area (Å²) in [5, 5.41) is 2.60. The van der Waals surface area contributed by atoms with Crippen molar-refractivity contribution < 1.29 is 0 Å². The third-order valence-electron chi connectivity index (χ3n) is 2.71. The molecule has 0 bridgehead atoms. The van der Waals surface area contributed by atoms with Gasteiger partial charge in [0, 0.05) is 30.4 Å². The van der Waals surface area contributed by atoms with E-state index in [1.54, 1.807) is 29.7 Å². The molecule has 3 heterocycles. The molecule has 0 fully saturated rings. The average Bonchev–Trinajstić information content (AvgIpc) is 2.90. The van der Waals surface area contributed by atoms with Crippen LogP contribution in [0.5, 0.6) is 0 Å². The predicted molar refractivity (Wildman–Crippen MR) is 72.9 cm³/mol. The summed E-state index contributed by atoms with van der Waals surface area (Å²) in [5.74, 6) is 0. The molecule has 3 aromatic heterocycles. The highest BCUT2D eigenvalue weighted by Gasteiger charge is 2.14. The van der Waals surface area contributed by atoms with Gasteiger partial charge in [-0.1, -0.05) is 11.6 Å². The van der Waals surface area contributed by atoms with Crippen LogP contribution in [0, 0.1) is 0 Å². The molecule has 18 heavy (non-hydrogen) atoms. The summed E-state index contributed by atoms with van der Waals surface area (Å²) in [7, 11) is 0. The lowest BCUT2D eigenvalue weighted by Crippen LogP contribution is -2.15. The summed E-state index contributed by atoms with van der Waals surface area (Å²) in [5.41, 5.74) is 7.80. The molecule has 1 atom stereocenters. The predicted octanol–water partition coefficient (Wildman–Crippen LogP) is 2.69. The van der Waals surface area contributed by atoms with Gasteiger partial charge in [0.1, 0.15) is 0 Å². The summed E-state index contributed by atoms with van der Waals surface area (Å²) < 4.78 is 1.99. The second-order valence-corrected chi connectivity index (χ2v) is 5.29. The first kappa shape index (κ1) is 11.6. The molecule has 2 N–H and O–H groups in total. The van der Waals surface area contributed by atoms with Crippen molar-refractivity contribution in [1.82, 2.24) is 14.4 Å². The Kier molecular flexibility index (Phi) is 3.03. The van der Waals surface area contributed by atoms with Gasteiger partial charge in [0.25, 0.3) is 0 Å². The topological polar surface area (TPSA) is 56.2 Å². The molecule has 0 aromatic carbocycles. The quantitative estimate of drug-likeness (QED) is 0.801. The normalized spacial score (nSPS) is 13.0. The fourth-order valence-corrected chi connectivity index (χ4v) is 2.85. The first-order valence-electron chi connectivity index (χ1n) is 5.51. The van der Waals surface area contributed by atoms with Crippen LogP contribution < -0.4 is 5.73 Å². The minimum atomic E-state index is -0.233. The molecule has 0 radical (unpaired) electrons. The van der Waals surface area contributed by atoms with E-state index in [1.165, 1.54) is 0 Å². The van der Waals surface area contributed by atoms with Crippen LogP contribution in [0.2, 0.25) is 5.02 Å². The molecule has 6 heteroatoms. The maximum absolute atomic E-state index is 6.13. The standard InChI is InChI=1S/C12H11ClN4S/c13-9-2-1-3-15-11(9)10(14)6-8-7-17-4-5-18-12(17)16-8/h1-5,7,10H,6,14H2. The zero-order valence-electron chi connectivity index (χ0n) is 9.45. The number of aromatic nitrogens is 3. The maximum Gasteiger partial charge on any atom is 0.193 e. The third kappa shape index (κ3) is 2.12. The lowest BCUT2D eigenvalue weighted by molar-refractivity contribution is 0.687. The van der Waals surface area contributed by atoms with Gasteiger partial charge in [0.05, 0.1) is 22.5 Å². The summed E-state index contributed by atoms with van der Waals surface area (Å²) in [6, 6.07) is 3.36. The molecule has 3 rings (SSSR count).